The first kappa shape index (κ1) is 22.4. The van der Waals surface area contributed by atoms with Gasteiger partial charge in [-0.2, -0.15) is 0 Å². The highest BCUT2D eigenvalue weighted by Crippen LogP contribution is 2.33. The predicted molar refractivity (Wildman–Crippen MR) is 140 cm³/mol. The largest absolute Gasteiger partial charge is 0.289 e. The number of nitrogens with zero attached hydrogens (tertiary/aromatic N) is 2. The summed E-state index contributed by atoms with van der Waals surface area (Å²) in [6.07, 6.45) is 4.45. The second-order valence-electron chi connectivity index (χ2n) is 8.40. The Kier molecular flexibility index (Phi) is 7.27. The van der Waals surface area contributed by atoms with Crippen molar-refractivity contribution in [2.75, 3.05) is 13.1 Å². The standard InChI is InChI=1S/C28H27FN2S2/c29-28-26(32-18-20-8-12-22(13-9-20)24-4-2-16-30-24)6-1-7-27(28)33-19-21-10-14-23(15-11-21)25-5-3-17-31-25/h1,6-15H,2-5,16-19H2. The summed E-state index contributed by atoms with van der Waals surface area (Å²) in [7, 11) is 0. The van der Waals surface area contributed by atoms with Crippen molar-refractivity contribution in [2.45, 2.75) is 47.0 Å². The monoisotopic (exact) mass is 474 g/mol. The number of benzene rings is 3. The highest BCUT2D eigenvalue weighted by molar-refractivity contribution is 7.99. The Morgan fingerprint density at radius 3 is 1.48 bits per heavy atom. The van der Waals surface area contributed by atoms with Crippen LogP contribution in [0, 0.1) is 5.82 Å². The van der Waals surface area contributed by atoms with E-state index in [-0.39, 0.29) is 5.82 Å². The number of aliphatic imine (C=N–C) groups is 2. The number of hydrogen-bond donors (Lipinski definition) is 0. The first-order valence-corrected chi connectivity index (χ1v) is 13.5. The zero-order valence-electron chi connectivity index (χ0n) is 18.6. The molecule has 3 aromatic rings. The molecule has 2 heterocycles. The summed E-state index contributed by atoms with van der Waals surface area (Å²) in [5.41, 5.74) is 7.27. The maximum atomic E-state index is 15.1. The predicted octanol–water partition coefficient (Wildman–Crippen LogP) is 7.58. The van der Waals surface area contributed by atoms with Gasteiger partial charge in [0.05, 0.1) is 0 Å². The van der Waals surface area contributed by atoms with Crippen molar-refractivity contribution in [2.24, 2.45) is 9.98 Å². The SMILES string of the molecule is Fc1c(SCc2ccc(C3=NCCC3)cc2)cccc1SCc1ccc(C2=NCCC2)cc1. The van der Waals surface area contributed by atoms with Crippen molar-refractivity contribution < 1.29 is 4.39 Å². The first-order valence-electron chi connectivity index (χ1n) is 11.6. The molecule has 2 aliphatic heterocycles. The van der Waals surface area contributed by atoms with Crippen molar-refractivity contribution in [3.8, 4) is 0 Å². The average Bonchev–Trinajstić information content (AvgIpc) is 3.58. The fourth-order valence-electron chi connectivity index (χ4n) is 4.17. The molecule has 0 saturated carbocycles. The van der Waals surface area contributed by atoms with Crippen LogP contribution in [0.1, 0.15) is 47.9 Å². The van der Waals surface area contributed by atoms with Crippen LogP contribution in [0.25, 0.3) is 0 Å². The molecule has 0 aromatic heterocycles. The smallest absolute Gasteiger partial charge is 0.150 e. The second-order valence-corrected chi connectivity index (χ2v) is 10.4. The molecule has 5 heteroatoms. The molecule has 0 amide bonds. The minimum Gasteiger partial charge on any atom is -0.289 e. The Morgan fingerprint density at radius 1 is 0.636 bits per heavy atom. The molecule has 3 aromatic carbocycles. The van der Waals surface area contributed by atoms with Crippen LogP contribution >= 0.6 is 23.5 Å². The van der Waals surface area contributed by atoms with Crippen molar-refractivity contribution in [1.82, 2.24) is 0 Å². The van der Waals surface area contributed by atoms with Crippen LogP contribution in [0.4, 0.5) is 4.39 Å². The summed E-state index contributed by atoms with van der Waals surface area (Å²) in [6, 6.07) is 22.9. The molecule has 168 valence electrons. The van der Waals surface area contributed by atoms with Gasteiger partial charge in [0.25, 0.3) is 0 Å². The van der Waals surface area contributed by atoms with Crippen LogP contribution < -0.4 is 0 Å². The minimum absolute atomic E-state index is 0.110. The lowest BCUT2D eigenvalue weighted by molar-refractivity contribution is 0.575. The number of hydrogen-bond acceptors (Lipinski definition) is 4. The van der Waals surface area contributed by atoms with E-state index in [0.29, 0.717) is 9.79 Å². The van der Waals surface area contributed by atoms with E-state index < -0.39 is 0 Å². The molecule has 2 aliphatic rings. The third-order valence-electron chi connectivity index (χ3n) is 6.04. The molecule has 0 saturated heterocycles. The lowest BCUT2D eigenvalue weighted by atomic mass is 10.1. The van der Waals surface area contributed by atoms with E-state index in [9.17, 15) is 0 Å². The highest BCUT2D eigenvalue weighted by atomic mass is 32.2. The molecule has 33 heavy (non-hydrogen) atoms. The molecule has 0 unspecified atom stereocenters. The van der Waals surface area contributed by atoms with Crippen LogP contribution in [-0.4, -0.2) is 24.5 Å². The molecule has 0 atom stereocenters. The third kappa shape index (κ3) is 5.59. The van der Waals surface area contributed by atoms with Gasteiger partial charge < -0.3 is 0 Å². The Balaban J connectivity index is 1.18. The van der Waals surface area contributed by atoms with Crippen LogP contribution in [0.2, 0.25) is 0 Å². The lowest BCUT2D eigenvalue weighted by Crippen LogP contribution is -1.96. The zero-order chi connectivity index (χ0) is 22.5. The molecular formula is C28H27FN2S2. The fourth-order valence-corrected chi connectivity index (χ4v) is 6.09. The van der Waals surface area contributed by atoms with E-state index in [0.717, 1.165) is 50.3 Å². The van der Waals surface area contributed by atoms with Crippen LogP contribution in [0.3, 0.4) is 0 Å². The topological polar surface area (TPSA) is 24.7 Å². The van der Waals surface area contributed by atoms with E-state index in [1.54, 1.807) is 23.5 Å². The molecular weight excluding hydrogens is 447 g/mol. The minimum atomic E-state index is -0.110. The maximum Gasteiger partial charge on any atom is 0.150 e. The summed E-state index contributed by atoms with van der Waals surface area (Å²) >= 11 is 3.12. The van der Waals surface area contributed by atoms with Gasteiger partial charge in [-0.1, -0.05) is 54.6 Å². The van der Waals surface area contributed by atoms with Gasteiger partial charge in [-0.25, -0.2) is 4.39 Å². The fraction of sp³-hybridized carbons (Fsp3) is 0.286. The number of halogens is 1. The third-order valence-corrected chi connectivity index (χ3v) is 8.25. The van der Waals surface area contributed by atoms with Crippen LogP contribution in [-0.2, 0) is 11.5 Å². The molecule has 5 rings (SSSR count). The number of thioether (sulfide) groups is 2. The quantitative estimate of drug-likeness (QED) is 0.314. The summed E-state index contributed by atoms with van der Waals surface area (Å²) < 4.78 is 15.1. The Hall–Kier alpha value is -2.37. The Labute approximate surface area is 203 Å². The molecule has 0 bridgehead atoms. The van der Waals surface area contributed by atoms with Gasteiger partial charge in [-0.05, 0) is 60.1 Å². The van der Waals surface area contributed by atoms with Gasteiger partial charge in [0, 0.05) is 45.8 Å². The Bertz CT molecular complexity index is 1080. The van der Waals surface area contributed by atoms with Crippen molar-refractivity contribution in [3.63, 3.8) is 0 Å². The van der Waals surface area contributed by atoms with E-state index in [1.807, 2.05) is 18.2 Å². The van der Waals surface area contributed by atoms with E-state index in [4.69, 9.17) is 0 Å². The summed E-state index contributed by atoms with van der Waals surface area (Å²) in [5.74, 6) is 1.40. The van der Waals surface area contributed by atoms with Crippen molar-refractivity contribution >= 4 is 34.9 Å². The van der Waals surface area contributed by atoms with Gasteiger partial charge in [-0.15, -0.1) is 23.5 Å². The van der Waals surface area contributed by atoms with E-state index >= 15 is 4.39 Å². The second kappa shape index (κ2) is 10.7. The lowest BCUT2D eigenvalue weighted by Gasteiger charge is -2.09. The summed E-state index contributed by atoms with van der Waals surface area (Å²) in [6.45, 7) is 1.89. The van der Waals surface area contributed by atoms with Gasteiger partial charge in [0.1, 0.15) is 5.82 Å². The summed E-state index contributed by atoms with van der Waals surface area (Å²) in [5, 5.41) is 0. The molecule has 0 spiro atoms. The molecule has 2 nitrogen and oxygen atoms in total. The van der Waals surface area contributed by atoms with Gasteiger partial charge in [0.2, 0.25) is 0 Å². The van der Waals surface area contributed by atoms with E-state index in [2.05, 4.69) is 58.5 Å². The van der Waals surface area contributed by atoms with E-state index in [1.165, 1.54) is 33.7 Å². The van der Waals surface area contributed by atoms with Gasteiger partial charge >= 0.3 is 0 Å². The van der Waals surface area contributed by atoms with Crippen molar-refractivity contribution in [3.05, 3.63) is 94.8 Å². The van der Waals surface area contributed by atoms with Crippen LogP contribution in [0.5, 0.6) is 0 Å². The molecule has 0 N–H and O–H groups in total. The molecule has 0 aliphatic carbocycles. The van der Waals surface area contributed by atoms with Crippen LogP contribution in [0.15, 0.2) is 86.5 Å². The number of rotatable bonds is 8. The van der Waals surface area contributed by atoms with Crippen molar-refractivity contribution in [1.29, 1.82) is 0 Å². The normalized spacial score (nSPS) is 15.5. The zero-order valence-corrected chi connectivity index (χ0v) is 20.2. The maximum absolute atomic E-state index is 15.1. The Morgan fingerprint density at radius 2 is 1.09 bits per heavy atom. The first-order chi connectivity index (χ1) is 16.3. The van der Waals surface area contributed by atoms with Gasteiger partial charge in [-0.3, -0.25) is 9.98 Å². The summed E-state index contributed by atoms with van der Waals surface area (Å²) in [4.78, 5) is 10.5. The van der Waals surface area contributed by atoms with Gasteiger partial charge in [0.15, 0.2) is 0 Å². The average molecular weight is 475 g/mol. The molecule has 0 fully saturated rings. The highest BCUT2D eigenvalue weighted by Gasteiger charge is 2.12. The molecule has 0 radical (unpaired) electrons.